The highest BCUT2D eigenvalue weighted by atomic mass is 32.2. The van der Waals surface area contributed by atoms with Crippen LogP contribution in [0.1, 0.15) is 154 Å². The highest BCUT2D eigenvalue weighted by Gasteiger charge is 2.44. The van der Waals surface area contributed by atoms with Crippen molar-refractivity contribution in [1.82, 2.24) is 97.6 Å². The predicted octanol–water partition coefficient (Wildman–Crippen LogP) is 0.208. The number of aromatic nitrogens is 4. The van der Waals surface area contributed by atoms with Crippen molar-refractivity contribution in [1.29, 1.82) is 0 Å². The van der Waals surface area contributed by atoms with Crippen molar-refractivity contribution < 1.29 is 86.6 Å². The van der Waals surface area contributed by atoms with Crippen LogP contribution in [-0.4, -0.2) is 295 Å². The number of para-hydroxylation sites is 2. The molecule has 706 valence electrons. The lowest BCUT2D eigenvalue weighted by Crippen LogP contribution is -2.61. The topological polar surface area (TPSA) is 559 Å². The van der Waals surface area contributed by atoms with Crippen molar-refractivity contribution in [2.75, 3.05) is 72.5 Å². The molecular formula is C90H127N21O18S. The van der Waals surface area contributed by atoms with E-state index in [1.165, 1.54) is 57.4 Å². The molecule has 3 aromatic carbocycles. The maximum absolute atomic E-state index is 15.7. The van der Waals surface area contributed by atoms with E-state index >= 15 is 24.0 Å². The molecule has 2 saturated heterocycles. The monoisotopic (exact) mass is 1820 g/mol. The Morgan fingerprint density at radius 1 is 0.562 bits per heavy atom. The minimum absolute atomic E-state index is 0.0184. The minimum Gasteiger partial charge on any atom is -0.394 e. The molecule has 0 aliphatic carbocycles. The van der Waals surface area contributed by atoms with Crippen LogP contribution in [0.3, 0.4) is 0 Å². The number of aliphatic hydroxyl groups is 1. The van der Waals surface area contributed by atoms with Gasteiger partial charge in [-0.25, -0.2) is 4.98 Å². The van der Waals surface area contributed by atoms with Crippen LogP contribution >= 0.6 is 11.8 Å². The van der Waals surface area contributed by atoms with E-state index in [2.05, 4.69) is 73.1 Å². The number of nitrogens with two attached hydrogens (primary N) is 2. The van der Waals surface area contributed by atoms with Gasteiger partial charge in [-0.15, -0.1) is 11.8 Å². The number of hydrogen-bond donors (Lipinski definition) is 16. The number of nitrogens with zero attached hydrogens (tertiary/aromatic N) is 6. The van der Waals surface area contributed by atoms with Crippen molar-refractivity contribution in [2.45, 2.75) is 223 Å². The predicted molar refractivity (Wildman–Crippen MR) is 485 cm³/mol. The number of benzene rings is 3. The molecule has 5 heterocycles. The number of amides is 17. The van der Waals surface area contributed by atoms with Gasteiger partial charge in [0, 0.05) is 112 Å². The summed E-state index contributed by atoms with van der Waals surface area (Å²) in [6.45, 7) is 9.23. The van der Waals surface area contributed by atoms with Crippen LogP contribution in [0.2, 0.25) is 0 Å². The first-order chi connectivity index (χ1) is 62.0. The molecule has 0 radical (unpaired) electrons. The lowest BCUT2D eigenvalue weighted by Gasteiger charge is -2.37. The summed E-state index contributed by atoms with van der Waals surface area (Å²) < 4.78 is 0. The van der Waals surface area contributed by atoms with Crippen LogP contribution in [0, 0.1) is 11.8 Å². The second kappa shape index (κ2) is 49.7. The second-order valence-electron chi connectivity index (χ2n) is 33.8. The van der Waals surface area contributed by atoms with Crippen LogP contribution in [0.5, 0.6) is 0 Å². The normalized spacial score (nSPS) is 24.1. The average molecular weight is 1820 g/mol. The Morgan fingerprint density at radius 2 is 1.14 bits per heavy atom. The van der Waals surface area contributed by atoms with Gasteiger partial charge >= 0.3 is 0 Å². The summed E-state index contributed by atoms with van der Waals surface area (Å²) in [6.07, 6.45) is 7.89. The van der Waals surface area contributed by atoms with E-state index in [-0.39, 0.29) is 81.7 Å². The fourth-order valence-corrected chi connectivity index (χ4v) is 16.7. The Morgan fingerprint density at radius 3 is 1.75 bits per heavy atom. The number of hydrogen-bond acceptors (Lipinski definition) is 20. The summed E-state index contributed by atoms with van der Waals surface area (Å²) in [6, 6.07) is 5.25. The van der Waals surface area contributed by atoms with Crippen LogP contribution < -0.4 is 64.6 Å². The van der Waals surface area contributed by atoms with Crippen molar-refractivity contribution in [2.24, 2.45) is 23.3 Å². The molecule has 0 spiro atoms. The third-order valence-electron chi connectivity index (χ3n) is 23.6. The van der Waals surface area contributed by atoms with Gasteiger partial charge in [-0.05, 0) is 79.7 Å². The third kappa shape index (κ3) is 28.6. The van der Waals surface area contributed by atoms with E-state index in [9.17, 15) is 62.6 Å². The van der Waals surface area contributed by atoms with Crippen molar-refractivity contribution in [3.8, 4) is 0 Å². The van der Waals surface area contributed by atoms with E-state index < -0.39 is 223 Å². The summed E-state index contributed by atoms with van der Waals surface area (Å²) in [5.74, 6) is -17.7. The van der Waals surface area contributed by atoms with E-state index in [0.29, 0.717) is 70.6 Å². The smallest absolute Gasteiger partial charge is 0.246 e. The first kappa shape index (κ1) is 103. The summed E-state index contributed by atoms with van der Waals surface area (Å²) in [5, 5.41) is 39.3. The van der Waals surface area contributed by atoms with E-state index in [0.717, 1.165) is 26.5 Å². The summed E-state index contributed by atoms with van der Waals surface area (Å²) >= 11 is 0.836. The van der Waals surface area contributed by atoms with Crippen molar-refractivity contribution in [3.05, 3.63) is 126 Å². The number of fused-ring (bicyclic) bond motifs is 3. The number of rotatable bonds is 24. The zero-order valence-electron chi connectivity index (χ0n) is 75.7. The number of carbonyl (C=O) groups excluding carboxylic acids is 17. The zero-order valence-corrected chi connectivity index (χ0v) is 76.5. The Balaban J connectivity index is 1.16. The highest BCUT2D eigenvalue weighted by Crippen LogP contribution is 2.27. The summed E-state index contributed by atoms with van der Waals surface area (Å²) in [7, 11) is 5.37. The van der Waals surface area contributed by atoms with E-state index in [1.54, 1.807) is 119 Å². The molecule has 2 fully saturated rings. The van der Waals surface area contributed by atoms with Gasteiger partial charge in [-0.1, -0.05) is 147 Å². The van der Waals surface area contributed by atoms with Crippen LogP contribution in [0.25, 0.3) is 21.8 Å². The molecule has 130 heavy (non-hydrogen) atoms. The second-order valence-corrected chi connectivity index (χ2v) is 34.8. The molecule has 1 unspecified atom stereocenters. The number of H-pyrrole nitrogens is 3. The molecule has 40 heteroatoms. The molecule has 14 atom stereocenters. The molecule has 6 aromatic rings. The van der Waals surface area contributed by atoms with Gasteiger partial charge in [-0.3, -0.25) is 81.5 Å². The van der Waals surface area contributed by atoms with Crippen LogP contribution in [-0.2, 0) is 101 Å². The molecule has 39 nitrogen and oxygen atoms in total. The standard InChI is InChI=1S/C90H127N21O18S/c1-12-15-18-33-72-90(129)109(10)70(32-16-13-2)84(123)106-77(52(6)14-3)85(124)105-69(80(119)97-45-74(92)114)48-130-49-76(116)100-64(37-54-26-19-17-20-27-54)87(126)108(9)53(7)78(117)101-66(40-73(91)113)89(128)111-35-25-34-71(111)83(122)96-43-59(67-44-93-50-98-67)79(118)102-63(36-51(4)5)86(125)107(8)46-75(115)99-62(38-55-41-94-60-30-23-21-28-57(55)60)81(120)104-68(47-112)82(121)103-65(88(127)110(72)11)39-56-42-95-61-31-24-22-29-58(56)61/h17,19-24,26-31,41-42,44,50-53,59,62-66,68-72,77,94-95,112H,12-16,18,25,32-40,43,45-49H2,1-11H3,(H2,91,113)(H2,92,114)(H,93,98)(H,96,122)(H,97,119)(H,99,115)(H,100,116)(H,101,117)(H,102,118)(H,103,121)(H,104,120)(H,105,124)(H,106,123)/t52-,53-,59?,62-,63-,64-,65-,66-,68-,69-,70-,71-,72-,77-/m0/s1. The molecule has 0 saturated carbocycles. The van der Waals surface area contributed by atoms with E-state index in [4.69, 9.17) is 11.5 Å². The number of likely N-dealkylation sites (N-methyl/N-ethyl adjacent to an activating group) is 4. The van der Waals surface area contributed by atoms with Gasteiger partial charge in [0.1, 0.15) is 72.5 Å². The summed E-state index contributed by atoms with van der Waals surface area (Å²) in [5.41, 5.74) is 14.3. The van der Waals surface area contributed by atoms with Gasteiger partial charge in [0.05, 0.1) is 44.1 Å². The molecule has 2 aliphatic rings. The Labute approximate surface area is 759 Å². The fraction of sp³-hybridized carbons (Fsp3) is 0.533. The lowest BCUT2D eigenvalue weighted by molar-refractivity contribution is -0.149. The number of carbonyl (C=O) groups is 17. The zero-order chi connectivity index (χ0) is 95.2. The molecular weight excluding hydrogens is 1700 g/mol. The quantitative estimate of drug-likeness (QED) is 0.0360. The number of thioether (sulfide) groups is 1. The maximum Gasteiger partial charge on any atom is 0.246 e. The molecule has 17 amide bonds. The number of nitrogens with one attached hydrogen (secondary N) is 13. The maximum atomic E-state index is 15.7. The Hall–Kier alpha value is -12.8. The third-order valence-corrected chi connectivity index (χ3v) is 24.7. The number of imidazole rings is 1. The van der Waals surface area contributed by atoms with Crippen LogP contribution in [0.4, 0.5) is 0 Å². The number of aromatic amines is 3. The number of aliphatic hydroxyl groups excluding tert-OH is 1. The van der Waals surface area contributed by atoms with Gasteiger partial charge < -0.3 is 109 Å². The van der Waals surface area contributed by atoms with Crippen LogP contribution in [0.15, 0.2) is 104 Å². The van der Waals surface area contributed by atoms with Gasteiger partial charge in [0.25, 0.3) is 0 Å². The highest BCUT2D eigenvalue weighted by molar-refractivity contribution is 8.00. The number of primary amides is 2. The Kier molecular flexibility index (Phi) is 39.2. The summed E-state index contributed by atoms with van der Waals surface area (Å²) in [4.78, 5) is 266. The molecule has 2 aliphatic heterocycles. The first-order valence-corrected chi connectivity index (χ1v) is 45.3. The SMILES string of the molecule is CCCCC[C@H]1C(=O)N(C)[C@@H](CCCC)C(=O)N[C@@H]([C@@H](C)CC)C(=O)N[C@H](C(=O)NCC(N)=O)CSCC(=O)N[C@@H](Cc2ccccc2)C(=O)N(C)[C@@H](C)C(=O)N[C@@H](CC(N)=O)C(=O)N2CCC[C@H]2C(=O)NCC(c2cnc[nH]2)C(=O)N[C@@H](CC(C)C)C(=O)N(C)CC(=O)N[C@@H](Cc2c[nH]c3ccccc23)C(=O)N[C@@H](CO)C(=O)N[C@@H](Cc2c[nH]c3ccccc23)C(=O)N1C. The lowest BCUT2D eigenvalue weighted by atomic mass is 9.96. The fourth-order valence-electron chi connectivity index (χ4n) is 15.9. The molecule has 18 N–H and O–H groups in total. The average Bonchev–Trinajstić information content (AvgIpc) is 1.54. The van der Waals surface area contributed by atoms with Crippen molar-refractivity contribution >= 4 is 134 Å². The van der Waals surface area contributed by atoms with Gasteiger partial charge in [0.2, 0.25) is 100 Å². The Bertz CT molecular complexity index is 4950. The molecule has 0 bridgehead atoms. The molecule has 8 rings (SSSR count). The van der Waals surface area contributed by atoms with Crippen molar-refractivity contribution in [3.63, 3.8) is 0 Å². The molecule has 3 aromatic heterocycles. The first-order valence-electron chi connectivity index (χ1n) is 44.2. The number of unbranched alkanes of at least 4 members (excludes halogenated alkanes) is 3. The minimum atomic E-state index is -1.83. The van der Waals surface area contributed by atoms with E-state index in [1.807, 2.05) is 13.8 Å². The van der Waals surface area contributed by atoms with Gasteiger partial charge in [-0.2, -0.15) is 0 Å². The van der Waals surface area contributed by atoms with Gasteiger partial charge in [0.15, 0.2) is 0 Å². The largest absolute Gasteiger partial charge is 0.394 e.